The molecule has 0 atom stereocenters. The van der Waals surface area contributed by atoms with E-state index in [-0.39, 0.29) is 0 Å². The second kappa shape index (κ2) is 5.77. The molecule has 2 aromatic heterocycles. The van der Waals surface area contributed by atoms with Gasteiger partial charge < -0.3 is 4.52 Å². The summed E-state index contributed by atoms with van der Waals surface area (Å²) in [6.45, 7) is 0. The van der Waals surface area contributed by atoms with E-state index < -0.39 is 0 Å². The molecule has 0 amide bonds. The Morgan fingerprint density at radius 3 is 2.60 bits per heavy atom. The molecule has 3 nitrogen and oxygen atoms in total. The van der Waals surface area contributed by atoms with Crippen LogP contribution in [0.2, 0.25) is 10.0 Å². The van der Waals surface area contributed by atoms with Crippen LogP contribution in [0.1, 0.15) is 0 Å². The van der Waals surface area contributed by atoms with Crippen LogP contribution in [-0.2, 0) is 0 Å². The Morgan fingerprint density at radius 1 is 1.15 bits per heavy atom. The predicted octanol–water partition coefficient (Wildman–Crippen LogP) is 6.30. The molecule has 0 unspecified atom stereocenters. The van der Waals surface area contributed by atoms with Gasteiger partial charge in [0.05, 0.1) is 13.7 Å². The van der Waals surface area contributed by atoms with Gasteiger partial charge in [0, 0.05) is 15.1 Å². The van der Waals surface area contributed by atoms with E-state index in [4.69, 9.17) is 27.7 Å². The molecule has 1 aromatic carbocycles. The highest BCUT2D eigenvalue weighted by Gasteiger charge is 2.16. The van der Waals surface area contributed by atoms with Crippen LogP contribution in [-0.4, -0.2) is 10.1 Å². The maximum absolute atomic E-state index is 6.13. The van der Waals surface area contributed by atoms with E-state index in [1.54, 1.807) is 18.2 Å². The molecule has 3 aromatic rings. The van der Waals surface area contributed by atoms with Crippen molar-refractivity contribution in [3.05, 3.63) is 42.6 Å². The van der Waals surface area contributed by atoms with Crippen LogP contribution in [0.15, 0.2) is 37.0 Å². The van der Waals surface area contributed by atoms with E-state index in [0.29, 0.717) is 27.3 Å². The fourth-order valence-electron chi connectivity index (χ4n) is 1.56. The Morgan fingerprint density at radius 2 is 1.95 bits per heavy atom. The predicted molar refractivity (Wildman–Crippen MR) is 88.5 cm³/mol. The van der Waals surface area contributed by atoms with Crippen molar-refractivity contribution in [2.45, 2.75) is 0 Å². The second-order valence-corrected chi connectivity index (χ2v) is 7.85. The minimum absolute atomic E-state index is 0.433. The van der Waals surface area contributed by atoms with Crippen molar-refractivity contribution in [2.75, 3.05) is 0 Å². The summed E-state index contributed by atoms with van der Waals surface area (Å²) in [7, 11) is 0. The van der Waals surface area contributed by atoms with Crippen molar-refractivity contribution >= 4 is 66.4 Å². The van der Waals surface area contributed by atoms with Gasteiger partial charge in [0.2, 0.25) is 5.82 Å². The molecule has 3 rings (SSSR count). The van der Waals surface area contributed by atoms with Crippen LogP contribution in [0.25, 0.3) is 22.2 Å². The fraction of sp³-hybridized carbons (Fsp3) is 0. The Bertz CT molecular complexity index is 768. The summed E-state index contributed by atoms with van der Waals surface area (Å²) in [5.74, 6) is 0.879. The van der Waals surface area contributed by atoms with Crippen LogP contribution < -0.4 is 0 Å². The van der Waals surface area contributed by atoms with Gasteiger partial charge in [-0.2, -0.15) is 4.98 Å². The van der Waals surface area contributed by atoms with Gasteiger partial charge in [0.15, 0.2) is 0 Å². The molecule has 0 fully saturated rings. The van der Waals surface area contributed by atoms with Gasteiger partial charge in [-0.1, -0.05) is 28.4 Å². The molecule has 0 aliphatic rings. The van der Waals surface area contributed by atoms with Gasteiger partial charge in [-0.25, -0.2) is 0 Å². The Hall–Kier alpha value is -0.400. The summed E-state index contributed by atoms with van der Waals surface area (Å²) < 4.78 is 7.19. The number of aromatic nitrogens is 2. The van der Waals surface area contributed by atoms with Crippen molar-refractivity contribution in [2.24, 2.45) is 0 Å². The third-order valence-electron chi connectivity index (χ3n) is 2.45. The fourth-order valence-corrected chi connectivity index (χ4v) is 4.01. The number of thiophene rings is 1. The molecule has 0 radical (unpaired) electrons. The lowest BCUT2D eigenvalue weighted by molar-refractivity contribution is 0.433. The summed E-state index contributed by atoms with van der Waals surface area (Å²) in [5, 5.41) is 5.00. The summed E-state index contributed by atoms with van der Waals surface area (Å²) in [6.07, 6.45) is 0. The molecule has 0 saturated carbocycles. The molecule has 0 spiro atoms. The van der Waals surface area contributed by atoms with Crippen LogP contribution >= 0.6 is 66.4 Å². The zero-order valence-electron chi connectivity index (χ0n) is 9.53. The average Bonchev–Trinajstić information content (AvgIpc) is 2.98. The molecule has 0 aliphatic heterocycles. The average molecular weight is 455 g/mol. The number of halogens is 4. The molecular formula is C12H4Br2Cl2N2OS. The van der Waals surface area contributed by atoms with Crippen molar-refractivity contribution in [1.82, 2.24) is 10.1 Å². The first kappa shape index (κ1) is 14.5. The highest BCUT2D eigenvalue weighted by molar-refractivity contribution is 9.13. The first-order valence-corrected chi connectivity index (χ1v) is 8.45. The van der Waals surface area contributed by atoms with Crippen LogP contribution in [0.3, 0.4) is 0 Å². The second-order valence-electron chi connectivity index (χ2n) is 3.78. The molecule has 0 saturated heterocycles. The Labute approximate surface area is 145 Å². The standard InChI is InChI=1S/C12H4Br2Cl2N2OS/c13-7-4-9(20-10(7)14)12-17-11(18-19-12)6-2-1-5(15)3-8(6)16/h1-4H. The van der Waals surface area contributed by atoms with E-state index in [9.17, 15) is 0 Å². The number of hydrogen-bond donors (Lipinski definition) is 0. The molecule has 8 heteroatoms. The van der Waals surface area contributed by atoms with Gasteiger partial charge in [-0.15, -0.1) is 11.3 Å². The van der Waals surface area contributed by atoms with E-state index in [2.05, 4.69) is 42.0 Å². The van der Waals surface area contributed by atoms with Gasteiger partial charge in [-0.05, 0) is 56.1 Å². The molecule has 20 heavy (non-hydrogen) atoms. The Kier molecular flexibility index (Phi) is 4.19. The summed E-state index contributed by atoms with van der Waals surface area (Å²) >= 11 is 20.4. The zero-order chi connectivity index (χ0) is 14.3. The molecule has 0 N–H and O–H groups in total. The van der Waals surface area contributed by atoms with Crippen LogP contribution in [0.4, 0.5) is 0 Å². The zero-order valence-corrected chi connectivity index (χ0v) is 15.0. The highest BCUT2D eigenvalue weighted by atomic mass is 79.9. The summed E-state index contributed by atoms with van der Waals surface area (Å²) in [6, 6.07) is 7.05. The number of hydrogen-bond acceptors (Lipinski definition) is 4. The number of rotatable bonds is 2. The summed E-state index contributed by atoms with van der Waals surface area (Å²) in [5.41, 5.74) is 0.681. The van der Waals surface area contributed by atoms with Crippen LogP contribution in [0, 0.1) is 0 Å². The lowest BCUT2D eigenvalue weighted by Gasteiger charge is -1.98. The lowest BCUT2D eigenvalue weighted by Crippen LogP contribution is -1.82. The number of nitrogens with zero attached hydrogens (tertiary/aromatic N) is 2. The largest absolute Gasteiger partial charge is 0.333 e. The van der Waals surface area contributed by atoms with Gasteiger partial charge in [0.1, 0.15) is 0 Å². The van der Waals surface area contributed by atoms with Gasteiger partial charge in [-0.3, -0.25) is 0 Å². The van der Waals surface area contributed by atoms with Crippen LogP contribution in [0.5, 0.6) is 0 Å². The van der Waals surface area contributed by atoms with E-state index >= 15 is 0 Å². The van der Waals surface area contributed by atoms with E-state index in [0.717, 1.165) is 13.1 Å². The molecule has 0 aliphatic carbocycles. The first-order chi connectivity index (χ1) is 9.54. The lowest BCUT2D eigenvalue weighted by atomic mass is 10.2. The maximum Gasteiger partial charge on any atom is 0.268 e. The van der Waals surface area contributed by atoms with E-state index in [1.165, 1.54) is 11.3 Å². The Balaban J connectivity index is 2.01. The van der Waals surface area contributed by atoms with Gasteiger partial charge >= 0.3 is 0 Å². The smallest absolute Gasteiger partial charge is 0.268 e. The maximum atomic E-state index is 6.13. The minimum atomic E-state index is 0.433. The third kappa shape index (κ3) is 2.80. The molecule has 0 bridgehead atoms. The SMILES string of the molecule is Clc1ccc(-c2noc(-c3cc(Br)c(Br)s3)n2)c(Cl)c1. The van der Waals surface area contributed by atoms with Gasteiger partial charge in [0.25, 0.3) is 5.89 Å². The molecule has 102 valence electrons. The monoisotopic (exact) mass is 452 g/mol. The third-order valence-corrected chi connectivity index (χ3v) is 6.25. The highest BCUT2D eigenvalue weighted by Crippen LogP contribution is 2.38. The van der Waals surface area contributed by atoms with Crippen molar-refractivity contribution in [1.29, 1.82) is 0 Å². The normalized spacial score (nSPS) is 11.0. The molecular weight excluding hydrogens is 451 g/mol. The quantitative estimate of drug-likeness (QED) is 0.456. The first-order valence-electron chi connectivity index (χ1n) is 5.29. The van der Waals surface area contributed by atoms with Crippen molar-refractivity contribution in [3.8, 4) is 22.2 Å². The van der Waals surface area contributed by atoms with E-state index in [1.807, 2.05) is 6.07 Å². The van der Waals surface area contributed by atoms with Crippen molar-refractivity contribution in [3.63, 3.8) is 0 Å². The summed E-state index contributed by atoms with van der Waals surface area (Å²) in [4.78, 5) is 5.23. The topological polar surface area (TPSA) is 38.9 Å². The minimum Gasteiger partial charge on any atom is -0.333 e. The number of benzene rings is 1. The molecule has 2 heterocycles. The van der Waals surface area contributed by atoms with Crippen molar-refractivity contribution < 1.29 is 4.52 Å².